The van der Waals surface area contributed by atoms with E-state index in [1.54, 1.807) is 0 Å². The van der Waals surface area contributed by atoms with Gasteiger partial charge in [0.1, 0.15) is 0 Å². The van der Waals surface area contributed by atoms with Crippen LogP contribution in [0.15, 0.2) is 18.5 Å². The smallest absolute Gasteiger partial charge is 0.225 e. The van der Waals surface area contributed by atoms with E-state index in [4.69, 9.17) is 5.11 Å². The van der Waals surface area contributed by atoms with E-state index in [1.807, 2.05) is 30.4 Å². The molecule has 1 amide bonds. The maximum absolute atomic E-state index is 12.3. The Balaban J connectivity index is 1.84. The highest BCUT2D eigenvalue weighted by molar-refractivity contribution is 5.78. The second-order valence-electron chi connectivity index (χ2n) is 5.31. The molecule has 0 saturated heterocycles. The molecule has 0 atom stereocenters. The minimum atomic E-state index is 0.150. The van der Waals surface area contributed by atoms with Crippen LogP contribution in [0.4, 0.5) is 0 Å². The maximum Gasteiger partial charge on any atom is 0.225 e. The lowest BCUT2D eigenvalue weighted by atomic mass is 9.82. The molecule has 1 aromatic rings. The quantitative estimate of drug-likeness (QED) is 0.855. The van der Waals surface area contributed by atoms with Crippen molar-refractivity contribution in [1.29, 1.82) is 0 Å². The van der Waals surface area contributed by atoms with E-state index in [9.17, 15) is 4.79 Å². The van der Waals surface area contributed by atoms with Crippen molar-refractivity contribution >= 4 is 5.91 Å². The van der Waals surface area contributed by atoms with Crippen molar-refractivity contribution in [2.24, 2.45) is 11.8 Å². The van der Waals surface area contributed by atoms with Crippen molar-refractivity contribution < 1.29 is 9.90 Å². The molecule has 0 unspecified atom stereocenters. The van der Waals surface area contributed by atoms with Crippen molar-refractivity contribution in [2.75, 3.05) is 13.7 Å². The summed E-state index contributed by atoms with van der Waals surface area (Å²) in [5, 5.41) is 9.10. The van der Waals surface area contributed by atoms with E-state index in [0.29, 0.717) is 12.5 Å². The zero-order valence-corrected chi connectivity index (χ0v) is 10.9. The summed E-state index contributed by atoms with van der Waals surface area (Å²) in [5.41, 5.74) is 1.13. The number of carbonyl (C=O) groups excluding carboxylic acids is 1. The van der Waals surface area contributed by atoms with Gasteiger partial charge in [0.25, 0.3) is 0 Å². The van der Waals surface area contributed by atoms with Crippen LogP contribution in [0.2, 0.25) is 0 Å². The standard InChI is InChI=1S/C14H22N2O2/c1-16(9-12-6-7-15-8-12)14(18)13-4-2-11(10-17)3-5-13/h6-8,11,13,15,17H,2-5,9-10H2,1H3. The topological polar surface area (TPSA) is 56.3 Å². The molecule has 1 aliphatic carbocycles. The van der Waals surface area contributed by atoms with Gasteiger partial charge in [0.05, 0.1) is 0 Å². The van der Waals surface area contributed by atoms with Crippen LogP contribution < -0.4 is 0 Å². The number of aromatic amines is 1. The summed E-state index contributed by atoms with van der Waals surface area (Å²) in [4.78, 5) is 17.1. The van der Waals surface area contributed by atoms with E-state index in [1.165, 1.54) is 0 Å². The van der Waals surface area contributed by atoms with Crippen molar-refractivity contribution in [2.45, 2.75) is 32.2 Å². The van der Waals surface area contributed by atoms with Crippen LogP contribution in [0.3, 0.4) is 0 Å². The van der Waals surface area contributed by atoms with E-state index >= 15 is 0 Å². The third-order valence-electron chi connectivity index (χ3n) is 3.91. The lowest BCUT2D eigenvalue weighted by Crippen LogP contribution is -2.34. The van der Waals surface area contributed by atoms with Gasteiger partial charge >= 0.3 is 0 Å². The van der Waals surface area contributed by atoms with Gasteiger partial charge in [-0.1, -0.05) is 0 Å². The number of amides is 1. The molecule has 0 bridgehead atoms. The summed E-state index contributed by atoms with van der Waals surface area (Å²) >= 11 is 0. The molecule has 1 aliphatic rings. The fraction of sp³-hybridized carbons (Fsp3) is 0.643. The second-order valence-corrected chi connectivity index (χ2v) is 5.31. The maximum atomic E-state index is 12.3. The Morgan fingerprint density at radius 3 is 2.72 bits per heavy atom. The number of aliphatic hydroxyl groups excluding tert-OH is 1. The summed E-state index contributed by atoms with van der Waals surface area (Å²) in [6.07, 6.45) is 7.59. The fourth-order valence-electron chi connectivity index (χ4n) is 2.71. The minimum absolute atomic E-state index is 0.150. The lowest BCUT2D eigenvalue weighted by Gasteiger charge is -2.29. The van der Waals surface area contributed by atoms with Crippen LogP contribution >= 0.6 is 0 Å². The second kappa shape index (κ2) is 6.05. The molecule has 1 heterocycles. The van der Waals surface area contributed by atoms with Gasteiger partial charge in [0.15, 0.2) is 0 Å². The highest BCUT2D eigenvalue weighted by atomic mass is 16.3. The van der Waals surface area contributed by atoms with E-state index in [-0.39, 0.29) is 18.4 Å². The summed E-state index contributed by atoms with van der Waals surface area (Å²) < 4.78 is 0. The van der Waals surface area contributed by atoms with Crippen LogP contribution in [-0.4, -0.2) is 34.6 Å². The average Bonchev–Trinajstić information content (AvgIpc) is 2.91. The molecule has 1 aromatic heterocycles. The predicted molar refractivity (Wildman–Crippen MR) is 69.8 cm³/mol. The number of aromatic nitrogens is 1. The highest BCUT2D eigenvalue weighted by Crippen LogP contribution is 2.29. The van der Waals surface area contributed by atoms with E-state index < -0.39 is 0 Å². The van der Waals surface area contributed by atoms with Gasteiger partial charge < -0.3 is 15.0 Å². The third-order valence-corrected chi connectivity index (χ3v) is 3.91. The minimum Gasteiger partial charge on any atom is -0.396 e. The Labute approximate surface area is 108 Å². The van der Waals surface area contributed by atoms with Gasteiger partial charge in [-0.3, -0.25) is 4.79 Å². The normalized spacial score (nSPS) is 23.9. The molecule has 4 nitrogen and oxygen atoms in total. The van der Waals surface area contributed by atoms with Gasteiger partial charge in [0.2, 0.25) is 5.91 Å². The molecule has 2 N–H and O–H groups in total. The van der Waals surface area contributed by atoms with Gasteiger partial charge in [-0.2, -0.15) is 0 Å². The summed E-state index contributed by atoms with van der Waals surface area (Å²) in [6.45, 7) is 0.933. The lowest BCUT2D eigenvalue weighted by molar-refractivity contribution is -0.136. The zero-order chi connectivity index (χ0) is 13.0. The molecular formula is C14H22N2O2. The Hall–Kier alpha value is -1.29. The fourth-order valence-corrected chi connectivity index (χ4v) is 2.71. The molecule has 0 radical (unpaired) electrons. The Kier molecular flexibility index (Phi) is 4.42. The molecule has 100 valence electrons. The third kappa shape index (κ3) is 3.13. The first-order chi connectivity index (χ1) is 8.70. The first kappa shape index (κ1) is 13.1. The SMILES string of the molecule is CN(Cc1cc[nH]c1)C(=O)C1CCC(CO)CC1. The van der Waals surface area contributed by atoms with Crippen LogP contribution in [-0.2, 0) is 11.3 Å². The summed E-state index contributed by atoms with van der Waals surface area (Å²) in [6, 6.07) is 1.99. The van der Waals surface area contributed by atoms with Crippen molar-refractivity contribution in [3.8, 4) is 0 Å². The number of H-pyrrole nitrogens is 1. The first-order valence-corrected chi connectivity index (χ1v) is 6.68. The number of nitrogens with one attached hydrogen (secondary N) is 1. The van der Waals surface area contributed by atoms with Gasteiger partial charge in [-0.05, 0) is 43.2 Å². The van der Waals surface area contributed by atoms with Crippen molar-refractivity contribution in [3.05, 3.63) is 24.0 Å². The monoisotopic (exact) mass is 250 g/mol. The number of aliphatic hydroxyl groups is 1. The summed E-state index contributed by atoms with van der Waals surface area (Å²) in [5.74, 6) is 0.799. The van der Waals surface area contributed by atoms with Gasteiger partial charge in [0, 0.05) is 38.5 Å². The molecule has 0 aromatic carbocycles. The Morgan fingerprint density at radius 1 is 1.44 bits per heavy atom. The van der Waals surface area contributed by atoms with E-state index in [0.717, 1.165) is 31.2 Å². The average molecular weight is 250 g/mol. The van der Waals surface area contributed by atoms with Crippen LogP contribution in [0.1, 0.15) is 31.2 Å². The molecule has 0 aliphatic heterocycles. The number of hydrogen-bond donors (Lipinski definition) is 2. The predicted octanol–water partition coefficient (Wildman–Crippen LogP) is 1.77. The molecule has 1 saturated carbocycles. The summed E-state index contributed by atoms with van der Waals surface area (Å²) in [7, 11) is 1.87. The number of hydrogen-bond acceptors (Lipinski definition) is 2. The van der Waals surface area contributed by atoms with Gasteiger partial charge in [-0.15, -0.1) is 0 Å². The van der Waals surface area contributed by atoms with Crippen LogP contribution in [0.5, 0.6) is 0 Å². The van der Waals surface area contributed by atoms with Gasteiger partial charge in [-0.25, -0.2) is 0 Å². The molecule has 2 rings (SSSR count). The van der Waals surface area contributed by atoms with Crippen molar-refractivity contribution in [3.63, 3.8) is 0 Å². The molecular weight excluding hydrogens is 228 g/mol. The molecule has 0 spiro atoms. The van der Waals surface area contributed by atoms with Crippen molar-refractivity contribution in [1.82, 2.24) is 9.88 Å². The molecule has 1 fully saturated rings. The Bertz CT molecular complexity index is 367. The highest BCUT2D eigenvalue weighted by Gasteiger charge is 2.27. The number of carbonyl (C=O) groups is 1. The largest absolute Gasteiger partial charge is 0.396 e. The van der Waals surface area contributed by atoms with Crippen LogP contribution in [0.25, 0.3) is 0 Å². The molecule has 18 heavy (non-hydrogen) atoms. The first-order valence-electron chi connectivity index (χ1n) is 6.68. The number of rotatable bonds is 4. The zero-order valence-electron chi connectivity index (χ0n) is 10.9. The van der Waals surface area contributed by atoms with Crippen LogP contribution in [0, 0.1) is 11.8 Å². The Morgan fingerprint density at radius 2 is 2.17 bits per heavy atom. The number of nitrogens with zero attached hydrogens (tertiary/aromatic N) is 1. The van der Waals surface area contributed by atoms with E-state index in [2.05, 4.69) is 4.98 Å². The molecule has 4 heteroatoms.